The molecule has 0 aromatic heterocycles. The average Bonchev–Trinajstić information content (AvgIpc) is 2.44. The Kier molecular flexibility index (Phi) is 6.27. The number of carboxylic acid groups (broad SMARTS) is 1. The first-order valence-electron chi connectivity index (χ1n) is 6.79. The molecule has 114 valence electrons. The van der Waals surface area contributed by atoms with Gasteiger partial charge in [-0.25, -0.2) is 4.79 Å². The number of amides is 2. The molecule has 7 nitrogen and oxygen atoms in total. The molecule has 1 rings (SSSR count). The number of methoxy groups -OCH3 is 1. The van der Waals surface area contributed by atoms with Crippen molar-refractivity contribution in [2.24, 2.45) is 5.92 Å². The summed E-state index contributed by atoms with van der Waals surface area (Å²) < 4.78 is 4.70. The van der Waals surface area contributed by atoms with E-state index in [9.17, 15) is 14.4 Å². The SMILES string of the molecule is COC(=O)C1CCCN(C(=O)NC(C)CCC(=O)O)C1. The second kappa shape index (κ2) is 7.72. The number of nitrogens with zero attached hydrogens (tertiary/aromatic N) is 1. The van der Waals surface area contributed by atoms with E-state index in [1.807, 2.05) is 0 Å². The number of hydrogen-bond acceptors (Lipinski definition) is 4. The van der Waals surface area contributed by atoms with E-state index < -0.39 is 5.97 Å². The van der Waals surface area contributed by atoms with Crippen LogP contribution in [0.5, 0.6) is 0 Å². The van der Waals surface area contributed by atoms with Crippen LogP contribution in [0, 0.1) is 5.92 Å². The molecule has 1 heterocycles. The van der Waals surface area contributed by atoms with Crippen LogP contribution in [0.25, 0.3) is 0 Å². The van der Waals surface area contributed by atoms with E-state index in [2.05, 4.69) is 5.32 Å². The lowest BCUT2D eigenvalue weighted by molar-refractivity contribution is -0.147. The van der Waals surface area contributed by atoms with Gasteiger partial charge in [-0.15, -0.1) is 0 Å². The van der Waals surface area contributed by atoms with Gasteiger partial charge in [0.15, 0.2) is 0 Å². The molecule has 0 aromatic carbocycles. The number of nitrogens with one attached hydrogen (secondary N) is 1. The normalized spacial score (nSPS) is 20.1. The number of rotatable bonds is 5. The number of likely N-dealkylation sites (tertiary alicyclic amines) is 1. The maximum Gasteiger partial charge on any atom is 0.317 e. The van der Waals surface area contributed by atoms with E-state index in [1.54, 1.807) is 11.8 Å². The summed E-state index contributed by atoms with van der Waals surface area (Å²) >= 11 is 0. The molecule has 0 aromatic rings. The molecule has 2 N–H and O–H groups in total. The Morgan fingerprint density at radius 3 is 2.75 bits per heavy atom. The van der Waals surface area contributed by atoms with Gasteiger partial charge in [-0.2, -0.15) is 0 Å². The summed E-state index contributed by atoms with van der Waals surface area (Å²) in [7, 11) is 1.34. The van der Waals surface area contributed by atoms with Crippen molar-refractivity contribution >= 4 is 18.0 Å². The number of carbonyl (C=O) groups excluding carboxylic acids is 2. The Labute approximate surface area is 118 Å². The molecule has 7 heteroatoms. The fourth-order valence-electron chi connectivity index (χ4n) is 2.23. The predicted octanol–water partition coefficient (Wildman–Crippen LogP) is 0.834. The standard InChI is InChI=1S/C13H22N2O5/c1-9(5-6-11(16)17)14-13(19)15-7-3-4-10(8-15)12(18)20-2/h9-10H,3-8H2,1-2H3,(H,14,19)(H,16,17). The molecular weight excluding hydrogens is 264 g/mol. The van der Waals surface area contributed by atoms with Crippen molar-refractivity contribution in [2.75, 3.05) is 20.2 Å². The Morgan fingerprint density at radius 1 is 1.45 bits per heavy atom. The number of ether oxygens (including phenoxy) is 1. The van der Waals surface area contributed by atoms with Gasteiger partial charge in [0, 0.05) is 25.6 Å². The minimum Gasteiger partial charge on any atom is -0.481 e. The van der Waals surface area contributed by atoms with Crippen LogP contribution in [0.15, 0.2) is 0 Å². The monoisotopic (exact) mass is 286 g/mol. The van der Waals surface area contributed by atoms with Crippen molar-refractivity contribution in [3.8, 4) is 0 Å². The molecule has 2 amide bonds. The van der Waals surface area contributed by atoms with Crippen LogP contribution in [-0.4, -0.2) is 54.2 Å². The summed E-state index contributed by atoms with van der Waals surface area (Å²) in [5.74, 6) is -1.44. The molecule has 2 atom stereocenters. The highest BCUT2D eigenvalue weighted by atomic mass is 16.5. The quantitative estimate of drug-likeness (QED) is 0.730. The Bertz CT molecular complexity index is 372. The van der Waals surface area contributed by atoms with E-state index in [1.165, 1.54) is 7.11 Å². The van der Waals surface area contributed by atoms with Crippen LogP contribution >= 0.6 is 0 Å². The zero-order valence-electron chi connectivity index (χ0n) is 11.9. The topological polar surface area (TPSA) is 95.9 Å². The summed E-state index contributed by atoms with van der Waals surface area (Å²) in [6.07, 6.45) is 1.89. The summed E-state index contributed by atoms with van der Waals surface area (Å²) in [5, 5.41) is 11.3. The third-order valence-corrected chi connectivity index (χ3v) is 3.40. The van der Waals surface area contributed by atoms with E-state index >= 15 is 0 Å². The second-order valence-electron chi connectivity index (χ2n) is 5.09. The Hall–Kier alpha value is -1.79. The maximum atomic E-state index is 12.0. The lowest BCUT2D eigenvalue weighted by Gasteiger charge is -2.32. The van der Waals surface area contributed by atoms with Crippen molar-refractivity contribution in [3.63, 3.8) is 0 Å². The molecule has 0 bridgehead atoms. The largest absolute Gasteiger partial charge is 0.481 e. The van der Waals surface area contributed by atoms with Crippen molar-refractivity contribution < 1.29 is 24.2 Å². The summed E-state index contributed by atoms with van der Waals surface area (Å²) in [5.41, 5.74) is 0. The van der Waals surface area contributed by atoms with Gasteiger partial charge < -0.3 is 20.1 Å². The van der Waals surface area contributed by atoms with Gasteiger partial charge in [0.25, 0.3) is 0 Å². The number of piperidine rings is 1. The molecule has 0 aliphatic carbocycles. The van der Waals surface area contributed by atoms with Crippen LogP contribution in [0.4, 0.5) is 4.79 Å². The lowest BCUT2D eigenvalue weighted by Crippen LogP contribution is -2.49. The Morgan fingerprint density at radius 2 is 2.15 bits per heavy atom. The number of hydrogen-bond donors (Lipinski definition) is 2. The minimum absolute atomic E-state index is 0.0201. The fourth-order valence-corrected chi connectivity index (χ4v) is 2.23. The lowest BCUT2D eigenvalue weighted by atomic mass is 9.98. The molecule has 0 spiro atoms. The smallest absolute Gasteiger partial charge is 0.317 e. The molecule has 1 saturated heterocycles. The first kappa shape index (κ1) is 16.3. The highest BCUT2D eigenvalue weighted by Crippen LogP contribution is 2.17. The minimum atomic E-state index is -0.880. The van der Waals surface area contributed by atoms with Gasteiger partial charge in [-0.1, -0.05) is 0 Å². The van der Waals surface area contributed by atoms with Crippen molar-refractivity contribution in [1.29, 1.82) is 0 Å². The van der Waals surface area contributed by atoms with Crippen LogP contribution in [-0.2, 0) is 14.3 Å². The van der Waals surface area contributed by atoms with Gasteiger partial charge >= 0.3 is 18.0 Å². The third kappa shape index (κ3) is 5.07. The molecule has 0 saturated carbocycles. The molecule has 0 radical (unpaired) electrons. The van der Waals surface area contributed by atoms with Gasteiger partial charge in [0.05, 0.1) is 13.0 Å². The average molecular weight is 286 g/mol. The summed E-state index contributed by atoms with van der Waals surface area (Å²) in [6.45, 7) is 2.72. The summed E-state index contributed by atoms with van der Waals surface area (Å²) in [4.78, 5) is 35.6. The second-order valence-corrected chi connectivity index (χ2v) is 5.09. The number of urea groups is 1. The van der Waals surface area contributed by atoms with E-state index in [0.717, 1.165) is 12.8 Å². The van der Waals surface area contributed by atoms with E-state index in [4.69, 9.17) is 9.84 Å². The van der Waals surface area contributed by atoms with Crippen molar-refractivity contribution in [1.82, 2.24) is 10.2 Å². The molecular formula is C13H22N2O5. The Balaban J connectivity index is 2.42. The molecule has 1 aliphatic rings. The van der Waals surface area contributed by atoms with Crippen LogP contribution in [0.3, 0.4) is 0 Å². The van der Waals surface area contributed by atoms with E-state index in [0.29, 0.717) is 19.5 Å². The number of esters is 1. The molecule has 1 aliphatic heterocycles. The fraction of sp³-hybridized carbons (Fsp3) is 0.769. The van der Waals surface area contributed by atoms with Gasteiger partial charge in [0.2, 0.25) is 0 Å². The molecule has 2 unspecified atom stereocenters. The van der Waals surface area contributed by atoms with Crippen LogP contribution < -0.4 is 5.32 Å². The third-order valence-electron chi connectivity index (χ3n) is 3.40. The number of carbonyl (C=O) groups is 3. The highest BCUT2D eigenvalue weighted by molar-refractivity contribution is 5.77. The number of carboxylic acids is 1. The van der Waals surface area contributed by atoms with Crippen molar-refractivity contribution in [2.45, 2.75) is 38.6 Å². The zero-order valence-corrected chi connectivity index (χ0v) is 11.9. The van der Waals surface area contributed by atoms with Gasteiger partial charge in [-0.3, -0.25) is 9.59 Å². The van der Waals surface area contributed by atoms with Crippen LogP contribution in [0.1, 0.15) is 32.6 Å². The maximum absolute atomic E-state index is 12.0. The van der Waals surface area contributed by atoms with Crippen LogP contribution in [0.2, 0.25) is 0 Å². The molecule has 1 fully saturated rings. The first-order chi connectivity index (χ1) is 9.43. The zero-order chi connectivity index (χ0) is 15.1. The molecule has 20 heavy (non-hydrogen) atoms. The predicted molar refractivity (Wildman–Crippen MR) is 71.2 cm³/mol. The highest BCUT2D eigenvalue weighted by Gasteiger charge is 2.29. The van der Waals surface area contributed by atoms with Gasteiger partial charge in [-0.05, 0) is 26.2 Å². The number of aliphatic carboxylic acids is 1. The van der Waals surface area contributed by atoms with Crippen molar-refractivity contribution in [3.05, 3.63) is 0 Å². The summed E-state index contributed by atoms with van der Waals surface area (Å²) in [6, 6.07) is -0.464. The van der Waals surface area contributed by atoms with E-state index in [-0.39, 0.29) is 30.4 Å². The van der Waals surface area contributed by atoms with Gasteiger partial charge in [0.1, 0.15) is 0 Å². The first-order valence-corrected chi connectivity index (χ1v) is 6.79.